The monoisotopic (exact) mass is 656 g/mol. The lowest BCUT2D eigenvalue weighted by Gasteiger charge is -2.41. The lowest BCUT2D eigenvalue weighted by atomic mass is 9.71. The van der Waals surface area contributed by atoms with Crippen LogP contribution in [0.25, 0.3) is 66.4 Å². The molecular weight excluding hydrogens is 625 g/mol. The van der Waals surface area contributed by atoms with E-state index in [1.807, 2.05) is 36.7 Å². The van der Waals surface area contributed by atoms with Gasteiger partial charge in [-0.05, 0) is 69.4 Å². The number of benzene rings is 6. The molecule has 0 fully saturated rings. The smallest absolute Gasteiger partial charge is 0.235 e. The molecular formula is C46H32N4O. The third-order valence-electron chi connectivity index (χ3n) is 10.3. The van der Waals surface area contributed by atoms with Crippen LogP contribution in [0.5, 0.6) is 0 Å². The second kappa shape index (κ2) is 11.2. The highest BCUT2D eigenvalue weighted by molar-refractivity contribution is 6.25. The average molecular weight is 657 g/mol. The molecule has 6 aromatic carbocycles. The predicted molar refractivity (Wildman–Crippen MR) is 208 cm³/mol. The summed E-state index contributed by atoms with van der Waals surface area (Å²) in [6, 6.07) is 50.8. The molecule has 242 valence electrons. The van der Waals surface area contributed by atoms with Crippen molar-refractivity contribution in [3.8, 4) is 33.6 Å². The van der Waals surface area contributed by atoms with Gasteiger partial charge in [0.05, 0.1) is 22.8 Å². The van der Waals surface area contributed by atoms with Gasteiger partial charge >= 0.3 is 0 Å². The highest BCUT2D eigenvalue weighted by atomic mass is 16.3. The summed E-state index contributed by atoms with van der Waals surface area (Å²) in [6.45, 7) is 4.64. The van der Waals surface area contributed by atoms with Crippen LogP contribution >= 0.6 is 0 Å². The molecule has 1 aliphatic rings. The Bertz CT molecular complexity index is 2790. The maximum atomic E-state index is 6.91. The van der Waals surface area contributed by atoms with Gasteiger partial charge in [-0.1, -0.05) is 123 Å². The maximum absolute atomic E-state index is 6.91. The first-order valence-corrected chi connectivity index (χ1v) is 17.3. The Balaban J connectivity index is 1.32. The standard InChI is InChI=1S/C46H32N4O/c1-46(2)36-20-9-10-21-39(36)50(43-42(46)34-18-7-6-17-33(34)41-35-19-8-11-22-40(35)51-44(41)43)45-48-37(30-13-4-3-5-14-30)28-38(49-45)32-16-12-15-31(27-32)29-23-25-47-26-24-29/h3-28H,1-2H3. The normalized spacial score (nSPS) is 13.4. The minimum atomic E-state index is -0.353. The van der Waals surface area contributed by atoms with E-state index in [-0.39, 0.29) is 5.41 Å². The number of rotatable bonds is 4. The number of hydrogen-bond donors (Lipinski definition) is 0. The molecule has 0 saturated heterocycles. The van der Waals surface area contributed by atoms with E-state index < -0.39 is 0 Å². The van der Waals surface area contributed by atoms with Crippen molar-refractivity contribution >= 4 is 50.0 Å². The van der Waals surface area contributed by atoms with Crippen LogP contribution in [0.1, 0.15) is 25.0 Å². The van der Waals surface area contributed by atoms with Gasteiger partial charge in [-0.15, -0.1) is 0 Å². The van der Waals surface area contributed by atoms with Gasteiger partial charge in [0.2, 0.25) is 5.95 Å². The molecule has 5 nitrogen and oxygen atoms in total. The summed E-state index contributed by atoms with van der Waals surface area (Å²) in [5.74, 6) is 0.585. The van der Waals surface area contributed by atoms with Crippen LogP contribution < -0.4 is 4.90 Å². The fourth-order valence-electron chi connectivity index (χ4n) is 7.99. The molecule has 0 bridgehead atoms. The third-order valence-corrected chi connectivity index (χ3v) is 10.3. The van der Waals surface area contributed by atoms with E-state index in [9.17, 15) is 0 Å². The molecule has 0 N–H and O–H groups in total. The van der Waals surface area contributed by atoms with Gasteiger partial charge in [-0.3, -0.25) is 9.88 Å². The fourth-order valence-corrected chi connectivity index (χ4v) is 7.99. The first-order valence-electron chi connectivity index (χ1n) is 17.3. The minimum Gasteiger partial charge on any atom is -0.454 e. The second-order valence-electron chi connectivity index (χ2n) is 13.7. The van der Waals surface area contributed by atoms with E-state index in [0.717, 1.165) is 67.0 Å². The number of fused-ring (bicyclic) bond motifs is 9. The quantitative estimate of drug-likeness (QED) is 0.189. The van der Waals surface area contributed by atoms with Gasteiger partial charge in [0, 0.05) is 39.7 Å². The molecule has 4 heterocycles. The van der Waals surface area contributed by atoms with Crippen molar-refractivity contribution in [2.75, 3.05) is 4.90 Å². The van der Waals surface area contributed by atoms with Crippen LogP contribution in [0.15, 0.2) is 162 Å². The van der Waals surface area contributed by atoms with Crippen molar-refractivity contribution < 1.29 is 4.42 Å². The van der Waals surface area contributed by atoms with E-state index in [2.05, 4.69) is 145 Å². The molecule has 0 aliphatic carbocycles. The third kappa shape index (κ3) is 4.51. The second-order valence-corrected chi connectivity index (χ2v) is 13.7. The number of nitrogens with zero attached hydrogens (tertiary/aromatic N) is 4. The molecule has 0 atom stereocenters. The summed E-state index contributed by atoms with van der Waals surface area (Å²) < 4.78 is 6.91. The van der Waals surface area contributed by atoms with E-state index in [4.69, 9.17) is 14.4 Å². The number of pyridine rings is 1. The number of hydrogen-bond acceptors (Lipinski definition) is 5. The Morgan fingerprint density at radius 2 is 1.20 bits per heavy atom. The summed E-state index contributed by atoms with van der Waals surface area (Å²) in [5.41, 5.74) is 11.6. The summed E-state index contributed by atoms with van der Waals surface area (Å²) in [5, 5.41) is 4.57. The summed E-state index contributed by atoms with van der Waals surface area (Å²) in [7, 11) is 0. The zero-order valence-corrected chi connectivity index (χ0v) is 28.2. The maximum Gasteiger partial charge on any atom is 0.235 e. The topological polar surface area (TPSA) is 55.1 Å². The Morgan fingerprint density at radius 1 is 0.549 bits per heavy atom. The molecule has 1 aliphatic heterocycles. The van der Waals surface area contributed by atoms with Gasteiger partial charge in [0.15, 0.2) is 5.58 Å². The Hall–Kier alpha value is -6.59. The highest BCUT2D eigenvalue weighted by Gasteiger charge is 2.42. The largest absolute Gasteiger partial charge is 0.454 e. The van der Waals surface area contributed by atoms with Crippen LogP contribution in [0.4, 0.5) is 17.3 Å². The van der Waals surface area contributed by atoms with E-state index >= 15 is 0 Å². The molecule has 3 aromatic heterocycles. The van der Waals surface area contributed by atoms with E-state index in [1.54, 1.807) is 0 Å². The first-order chi connectivity index (χ1) is 25.1. The fraction of sp³-hybridized carbons (Fsp3) is 0.0652. The number of aromatic nitrogens is 3. The van der Waals surface area contributed by atoms with E-state index in [0.29, 0.717) is 5.95 Å². The van der Waals surface area contributed by atoms with Crippen molar-refractivity contribution in [3.63, 3.8) is 0 Å². The molecule has 10 rings (SSSR count). The summed E-state index contributed by atoms with van der Waals surface area (Å²) in [4.78, 5) is 17.3. The Kier molecular flexibility index (Phi) is 6.46. The van der Waals surface area contributed by atoms with Crippen molar-refractivity contribution in [2.24, 2.45) is 0 Å². The van der Waals surface area contributed by atoms with Gasteiger partial charge in [-0.25, -0.2) is 9.97 Å². The van der Waals surface area contributed by atoms with Crippen molar-refractivity contribution in [1.82, 2.24) is 15.0 Å². The number of anilines is 3. The van der Waals surface area contributed by atoms with Gasteiger partial charge in [0.25, 0.3) is 0 Å². The van der Waals surface area contributed by atoms with Crippen LogP contribution in [-0.2, 0) is 5.41 Å². The number of furan rings is 1. The molecule has 0 spiro atoms. The van der Waals surface area contributed by atoms with Crippen LogP contribution in [0.3, 0.4) is 0 Å². The summed E-state index contributed by atoms with van der Waals surface area (Å²) >= 11 is 0. The highest BCUT2D eigenvalue weighted by Crippen LogP contribution is 2.57. The molecule has 5 heteroatoms. The molecule has 0 unspecified atom stereocenters. The van der Waals surface area contributed by atoms with Crippen LogP contribution in [0.2, 0.25) is 0 Å². The Labute approximate surface area is 295 Å². The minimum absolute atomic E-state index is 0.353. The molecule has 9 aromatic rings. The molecule has 0 amide bonds. The van der Waals surface area contributed by atoms with Crippen molar-refractivity contribution in [2.45, 2.75) is 19.3 Å². The van der Waals surface area contributed by atoms with Gasteiger partial charge in [0.1, 0.15) is 5.58 Å². The zero-order chi connectivity index (χ0) is 34.1. The van der Waals surface area contributed by atoms with Crippen LogP contribution in [0, 0.1) is 0 Å². The first kappa shape index (κ1) is 29.3. The summed E-state index contributed by atoms with van der Waals surface area (Å²) in [6.07, 6.45) is 3.65. The molecule has 51 heavy (non-hydrogen) atoms. The average Bonchev–Trinajstić information content (AvgIpc) is 3.59. The predicted octanol–water partition coefficient (Wildman–Crippen LogP) is 12.0. The molecule has 0 saturated carbocycles. The number of para-hydroxylation sites is 2. The SMILES string of the molecule is CC1(C)c2ccccc2N(c2nc(-c3ccccc3)cc(-c3cccc(-c4ccncc4)c3)n2)c2c1c1ccccc1c1c2oc2ccccc21. The lowest BCUT2D eigenvalue weighted by Crippen LogP contribution is -2.32. The van der Waals surface area contributed by atoms with Crippen molar-refractivity contribution in [3.05, 3.63) is 169 Å². The molecule has 0 radical (unpaired) electrons. The van der Waals surface area contributed by atoms with E-state index in [1.165, 1.54) is 21.9 Å². The van der Waals surface area contributed by atoms with Gasteiger partial charge < -0.3 is 4.42 Å². The van der Waals surface area contributed by atoms with Gasteiger partial charge in [-0.2, -0.15) is 0 Å². The van der Waals surface area contributed by atoms with Crippen LogP contribution in [-0.4, -0.2) is 15.0 Å². The lowest BCUT2D eigenvalue weighted by molar-refractivity contribution is 0.628. The zero-order valence-electron chi connectivity index (χ0n) is 28.2. The van der Waals surface area contributed by atoms with Crippen molar-refractivity contribution in [1.29, 1.82) is 0 Å². The Morgan fingerprint density at radius 3 is 2.02 bits per heavy atom.